The second-order valence-electron chi connectivity index (χ2n) is 8.75. The Morgan fingerprint density at radius 2 is 1.86 bits per heavy atom. The van der Waals surface area contributed by atoms with E-state index >= 15 is 0 Å². The van der Waals surface area contributed by atoms with Crippen LogP contribution in [0.2, 0.25) is 5.02 Å². The summed E-state index contributed by atoms with van der Waals surface area (Å²) in [6.07, 6.45) is -3.58. The van der Waals surface area contributed by atoms with Gasteiger partial charge in [0.15, 0.2) is 17.5 Å². The molecule has 2 fully saturated rings. The van der Waals surface area contributed by atoms with Crippen molar-refractivity contribution in [2.75, 3.05) is 20.3 Å². The number of nitro groups is 1. The number of carbonyl (C=O) groups is 2. The molecular weight excluding hydrogens is 518 g/mol. The van der Waals surface area contributed by atoms with Crippen LogP contribution in [0.15, 0.2) is 40.7 Å². The number of fused-ring (bicyclic) bond motifs is 1. The van der Waals surface area contributed by atoms with Crippen LogP contribution in [-0.4, -0.2) is 71.1 Å². The molecule has 4 rings (SSSR count). The molecule has 14 nitrogen and oxygen atoms in total. The molecule has 1 aromatic rings. The number of nitrogens with zero attached hydrogens (tertiary/aromatic N) is 2. The molecule has 3 aliphatic heterocycles. The molecule has 3 heterocycles. The number of benzene rings is 1. The summed E-state index contributed by atoms with van der Waals surface area (Å²) in [7, 11) is 1.14. The van der Waals surface area contributed by atoms with Gasteiger partial charge in [-0.25, -0.2) is 4.79 Å². The summed E-state index contributed by atoms with van der Waals surface area (Å²) in [4.78, 5) is 53.1. The molecule has 0 aromatic heterocycles. The molecule has 15 heteroatoms. The van der Waals surface area contributed by atoms with Gasteiger partial charge in [0.25, 0.3) is 10.8 Å². The largest absolute Gasteiger partial charge is 0.466 e. The number of Topliss-reactive ketones (excluding diaryl/α,β-unsaturated/α-hetero) is 1. The Balaban J connectivity index is 1.82. The first kappa shape index (κ1) is 26.5. The number of allylic oxidation sites excluding steroid dienone is 2. The van der Waals surface area contributed by atoms with E-state index in [0.717, 1.165) is 13.2 Å². The van der Waals surface area contributed by atoms with Gasteiger partial charge in [0.05, 0.1) is 30.8 Å². The zero-order chi connectivity index (χ0) is 27.2. The van der Waals surface area contributed by atoms with Gasteiger partial charge in [-0.2, -0.15) is 0 Å². The monoisotopic (exact) mass is 539 g/mol. The summed E-state index contributed by atoms with van der Waals surface area (Å²) >= 11 is 5.98. The zero-order valence-electron chi connectivity index (χ0n) is 19.8. The van der Waals surface area contributed by atoms with Gasteiger partial charge in [-0.3, -0.25) is 14.9 Å². The molecule has 0 amide bonds. The number of carbonyl (C=O) groups excluding carboxylic acids is 2. The van der Waals surface area contributed by atoms with Crippen LogP contribution in [0, 0.1) is 20.2 Å². The van der Waals surface area contributed by atoms with Crippen LogP contribution in [0.5, 0.6) is 0 Å². The minimum absolute atomic E-state index is 0.0194. The minimum Gasteiger partial charge on any atom is -0.466 e. The average molecular weight is 540 g/mol. The number of hydrogen-bond acceptors (Lipinski definition) is 12. The quantitative estimate of drug-likeness (QED) is 0.287. The SMILES string of the molecule is COC(=O)C1=C(C)NC(C)=C(C(=O)[C@]2(O)CO[C@@H]3[C@H](O[N+](=O)[O-])CO[C@@H]32)C1c1ccc(Cl)c([N+](=O)[O-])c1. The predicted molar refractivity (Wildman–Crippen MR) is 123 cm³/mol. The second-order valence-corrected chi connectivity index (χ2v) is 9.15. The third-order valence-electron chi connectivity index (χ3n) is 6.60. The summed E-state index contributed by atoms with van der Waals surface area (Å²) < 4.78 is 15.9. The lowest BCUT2D eigenvalue weighted by Crippen LogP contribution is -2.53. The topological polar surface area (TPSA) is 190 Å². The summed E-state index contributed by atoms with van der Waals surface area (Å²) in [5.41, 5.74) is -2.13. The lowest BCUT2D eigenvalue weighted by Gasteiger charge is -2.34. The van der Waals surface area contributed by atoms with Crippen molar-refractivity contribution < 1.29 is 43.8 Å². The van der Waals surface area contributed by atoms with Crippen LogP contribution >= 0.6 is 11.6 Å². The first-order valence-corrected chi connectivity index (χ1v) is 11.3. The fourth-order valence-corrected chi connectivity index (χ4v) is 5.17. The minimum atomic E-state index is -2.30. The average Bonchev–Trinajstić information content (AvgIpc) is 3.39. The molecular formula is C22H22ClN3O11. The van der Waals surface area contributed by atoms with Gasteiger partial charge in [0, 0.05) is 29.0 Å². The first-order valence-electron chi connectivity index (χ1n) is 10.9. The molecule has 3 aliphatic rings. The maximum absolute atomic E-state index is 14.0. The Bertz CT molecular complexity index is 1260. The van der Waals surface area contributed by atoms with Gasteiger partial charge in [-0.15, -0.1) is 10.1 Å². The van der Waals surface area contributed by atoms with Crippen LogP contribution in [0.3, 0.4) is 0 Å². The molecule has 1 unspecified atom stereocenters. The third kappa shape index (κ3) is 4.41. The van der Waals surface area contributed by atoms with Gasteiger partial charge in [-0.1, -0.05) is 17.7 Å². The number of ether oxygens (including phenoxy) is 3. The molecule has 0 saturated carbocycles. The Labute approximate surface area is 214 Å². The molecule has 0 aliphatic carbocycles. The van der Waals surface area contributed by atoms with E-state index in [1.54, 1.807) is 6.92 Å². The standard InChI is InChI=1S/C22H22ClN3O11/c1-9-15(19(27)22(29)8-36-18-14(37-26(32)33)7-35-20(18)22)17(16(10(2)24-9)21(28)34-3)11-4-5-12(23)13(6-11)25(30)31/h4-6,14,17-18,20,24,29H,7-8H2,1-3H3/t14-,17?,18-,20+,22-/m1/s1. The summed E-state index contributed by atoms with van der Waals surface area (Å²) in [6.45, 7) is 2.23. The highest BCUT2D eigenvalue weighted by molar-refractivity contribution is 6.32. The normalized spacial score (nSPS) is 29.0. The van der Waals surface area contributed by atoms with E-state index in [9.17, 15) is 34.9 Å². The van der Waals surface area contributed by atoms with Crippen molar-refractivity contribution in [1.82, 2.24) is 5.32 Å². The molecule has 0 radical (unpaired) electrons. The van der Waals surface area contributed by atoms with Crippen molar-refractivity contribution in [3.05, 3.63) is 71.6 Å². The van der Waals surface area contributed by atoms with Crippen molar-refractivity contribution in [3.8, 4) is 0 Å². The zero-order valence-corrected chi connectivity index (χ0v) is 20.5. The Morgan fingerprint density at radius 3 is 2.49 bits per heavy atom. The number of dihydropyridines is 1. The van der Waals surface area contributed by atoms with Crippen LogP contribution in [-0.2, 0) is 28.6 Å². The molecule has 2 saturated heterocycles. The molecule has 0 bridgehead atoms. The number of nitrogens with one attached hydrogen (secondary N) is 1. The van der Waals surface area contributed by atoms with Crippen LogP contribution < -0.4 is 5.32 Å². The highest BCUT2D eigenvalue weighted by Gasteiger charge is 2.62. The molecule has 37 heavy (non-hydrogen) atoms. The predicted octanol–water partition coefficient (Wildman–Crippen LogP) is 1.33. The Kier molecular flexibility index (Phi) is 6.94. The van der Waals surface area contributed by atoms with E-state index in [0.29, 0.717) is 5.70 Å². The van der Waals surface area contributed by atoms with Crippen LogP contribution in [0.25, 0.3) is 0 Å². The van der Waals surface area contributed by atoms with Gasteiger partial charge in [0.1, 0.15) is 17.2 Å². The number of halogens is 1. The summed E-state index contributed by atoms with van der Waals surface area (Å²) in [6, 6.07) is 3.83. The van der Waals surface area contributed by atoms with Crippen molar-refractivity contribution in [2.24, 2.45) is 0 Å². The third-order valence-corrected chi connectivity index (χ3v) is 6.92. The molecule has 2 N–H and O–H groups in total. The molecule has 0 spiro atoms. The van der Waals surface area contributed by atoms with Crippen LogP contribution in [0.1, 0.15) is 25.3 Å². The number of methoxy groups -OCH3 is 1. The maximum atomic E-state index is 14.0. The number of nitro benzene ring substituents is 1. The summed E-state index contributed by atoms with van der Waals surface area (Å²) in [5, 5.41) is 35.6. The number of hydrogen-bond donors (Lipinski definition) is 2. The van der Waals surface area contributed by atoms with Crippen molar-refractivity contribution in [1.29, 1.82) is 0 Å². The second kappa shape index (κ2) is 9.70. The smallest absolute Gasteiger partial charge is 0.336 e. The van der Waals surface area contributed by atoms with Crippen molar-refractivity contribution in [2.45, 2.75) is 43.7 Å². The molecule has 1 aromatic carbocycles. The van der Waals surface area contributed by atoms with Crippen molar-refractivity contribution >= 4 is 29.0 Å². The van der Waals surface area contributed by atoms with Crippen LogP contribution in [0.4, 0.5) is 5.69 Å². The lowest BCUT2D eigenvalue weighted by molar-refractivity contribution is -0.769. The number of esters is 1. The Hall–Kier alpha value is -3.59. The number of aliphatic hydroxyl groups is 1. The van der Waals surface area contributed by atoms with Gasteiger partial charge in [-0.05, 0) is 25.5 Å². The van der Waals surface area contributed by atoms with Gasteiger partial charge < -0.3 is 29.5 Å². The fraction of sp³-hybridized carbons (Fsp3) is 0.455. The maximum Gasteiger partial charge on any atom is 0.336 e. The summed E-state index contributed by atoms with van der Waals surface area (Å²) in [5.74, 6) is -2.91. The molecule has 198 valence electrons. The van der Waals surface area contributed by atoms with E-state index in [-0.39, 0.29) is 34.0 Å². The van der Waals surface area contributed by atoms with E-state index in [2.05, 4.69) is 10.2 Å². The van der Waals surface area contributed by atoms with Gasteiger partial charge >= 0.3 is 5.97 Å². The number of ketones is 1. The highest BCUT2D eigenvalue weighted by atomic mass is 35.5. The van der Waals surface area contributed by atoms with E-state index < -0.39 is 63.9 Å². The molecule has 5 atom stereocenters. The first-order chi connectivity index (χ1) is 17.4. The fourth-order valence-electron chi connectivity index (χ4n) is 4.98. The highest BCUT2D eigenvalue weighted by Crippen LogP contribution is 2.45. The van der Waals surface area contributed by atoms with E-state index in [1.165, 1.54) is 19.1 Å². The lowest BCUT2D eigenvalue weighted by atomic mass is 9.74. The van der Waals surface area contributed by atoms with E-state index in [4.69, 9.17) is 25.8 Å². The van der Waals surface area contributed by atoms with Gasteiger partial charge in [0.2, 0.25) is 0 Å². The number of rotatable bonds is 7. The van der Waals surface area contributed by atoms with Crippen molar-refractivity contribution in [3.63, 3.8) is 0 Å². The van der Waals surface area contributed by atoms with E-state index in [1.807, 2.05) is 0 Å². The Morgan fingerprint density at radius 1 is 1.19 bits per heavy atom.